The summed E-state index contributed by atoms with van der Waals surface area (Å²) >= 11 is 0. The Kier molecular flexibility index (Phi) is 3.75. The molecule has 1 aliphatic heterocycles. The molecule has 2 heterocycles. The Hall–Kier alpha value is -0.870. The van der Waals surface area contributed by atoms with Crippen LogP contribution in [0, 0.1) is 0 Å². The molecule has 1 saturated heterocycles. The van der Waals surface area contributed by atoms with E-state index in [1.54, 1.807) is 0 Å². The monoisotopic (exact) mass is 208 g/mol. The molecule has 0 bridgehead atoms. The van der Waals surface area contributed by atoms with Crippen molar-refractivity contribution in [3.63, 3.8) is 0 Å². The van der Waals surface area contributed by atoms with Crippen LogP contribution in [-0.4, -0.2) is 34.1 Å². The molecule has 1 aromatic heterocycles. The standard InChI is InChI=1S/C11H20N4/c12-8-11-9-15(10-13-11)7-3-6-14-4-1-2-5-14/h9-10H,1-8,12H2. The SMILES string of the molecule is NCc1cn(CCCN2CCCC2)cn1. The van der Waals surface area contributed by atoms with Crippen LogP contribution in [0.15, 0.2) is 12.5 Å². The number of nitrogens with two attached hydrogens (primary N) is 1. The van der Waals surface area contributed by atoms with Gasteiger partial charge in [0, 0.05) is 19.3 Å². The third-order valence-corrected chi connectivity index (χ3v) is 2.99. The highest BCUT2D eigenvalue weighted by Gasteiger charge is 2.10. The van der Waals surface area contributed by atoms with E-state index in [0.717, 1.165) is 12.2 Å². The number of likely N-dealkylation sites (tertiary alicyclic amines) is 1. The zero-order valence-electron chi connectivity index (χ0n) is 9.23. The van der Waals surface area contributed by atoms with Crippen molar-refractivity contribution in [3.8, 4) is 0 Å². The lowest BCUT2D eigenvalue weighted by atomic mass is 10.4. The predicted octanol–water partition coefficient (Wildman–Crippen LogP) is 0.828. The summed E-state index contributed by atoms with van der Waals surface area (Å²) in [5.74, 6) is 0. The van der Waals surface area contributed by atoms with Crippen LogP contribution < -0.4 is 5.73 Å². The van der Waals surface area contributed by atoms with E-state index in [-0.39, 0.29) is 0 Å². The zero-order valence-corrected chi connectivity index (χ0v) is 9.23. The first-order valence-electron chi connectivity index (χ1n) is 5.81. The molecule has 0 spiro atoms. The summed E-state index contributed by atoms with van der Waals surface area (Å²) in [5.41, 5.74) is 6.49. The van der Waals surface area contributed by atoms with Crippen LogP contribution in [0.5, 0.6) is 0 Å². The van der Waals surface area contributed by atoms with Gasteiger partial charge < -0.3 is 15.2 Å². The molecule has 2 N–H and O–H groups in total. The van der Waals surface area contributed by atoms with Crippen LogP contribution in [0.25, 0.3) is 0 Å². The Balaban J connectivity index is 1.68. The number of imidazole rings is 1. The summed E-state index contributed by atoms with van der Waals surface area (Å²) in [5, 5.41) is 0. The van der Waals surface area contributed by atoms with E-state index in [4.69, 9.17) is 5.73 Å². The molecule has 0 radical (unpaired) electrons. The lowest BCUT2D eigenvalue weighted by Crippen LogP contribution is -2.21. The Labute approximate surface area is 91.1 Å². The molecule has 2 rings (SSSR count). The van der Waals surface area contributed by atoms with E-state index < -0.39 is 0 Å². The molecule has 0 aliphatic carbocycles. The van der Waals surface area contributed by atoms with Crippen LogP contribution in [0.2, 0.25) is 0 Å². The predicted molar refractivity (Wildman–Crippen MR) is 60.4 cm³/mol. The van der Waals surface area contributed by atoms with E-state index in [9.17, 15) is 0 Å². The highest BCUT2D eigenvalue weighted by atomic mass is 15.1. The molecular formula is C11H20N4. The van der Waals surface area contributed by atoms with Gasteiger partial charge in [0.25, 0.3) is 0 Å². The van der Waals surface area contributed by atoms with Gasteiger partial charge in [-0.15, -0.1) is 0 Å². The summed E-state index contributed by atoms with van der Waals surface area (Å²) < 4.78 is 2.14. The van der Waals surface area contributed by atoms with Crippen molar-refractivity contribution < 1.29 is 0 Å². The first-order chi connectivity index (χ1) is 7.38. The van der Waals surface area contributed by atoms with Gasteiger partial charge in [-0.05, 0) is 38.9 Å². The van der Waals surface area contributed by atoms with Crippen molar-refractivity contribution in [2.45, 2.75) is 32.4 Å². The van der Waals surface area contributed by atoms with Gasteiger partial charge in [0.05, 0.1) is 12.0 Å². The van der Waals surface area contributed by atoms with Crippen molar-refractivity contribution in [1.29, 1.82) is 0 Å². The summed E-state index contributed by atoms with van der Waals surface area (Å²) in [6.07, 6.45) is 7.89. The Morgan fingerprint density at radius 2 is 2.07 bits per heavy atom. The lowest BCUT2D eigenvalue weighted by Gasteiger charge is -2.13. The Bertz CT molecular complexity index is 289. The Morgan fingerprint density at radius 3 is 2.73 bits per heavy atom. The van der Waals surface area contributed by atoms with Crippen molar-refractivity contribution >= 4 is 0 Å². The number of aryl methyl sites for hydroxylation is 1. The van der Waals surface area contributed by atoms with Crippen LogP contribution >= 0.6 is 0 Å². The number of aromatic nitrogens is 2. The first-order valence-corrected chi connectivity index (χ1v) is 5.81. The van der Waals surface area contributed by atoms with Crippen LogP contribution in [0.1, 0.15) is 25.0 Å². The van der Waals surface area contributed by atoms with Gasteiger partial charge in [-0.2, -0.15) is 0 Å². The maximum absolute atomic E-state index is 5.51. The second-order valence-electron chi connectivity index (χ2n) is 4.21. The Morgan fingerprint density at radius 1 is 1.27 bits per heavy atom. The van der Waals surface area contributed by atoms with Crippen LogP contribution in [0.4, 0.5) is 0 Å². The van der Waals surface area contributed by atoms with E-state index in [2.05, 4.69) is 14.5 Å². The number of rotatable bonds is 5. The lowest BCUT2D eigenvalue weighted by molar-refractivity contribution is 0.325. The highest BCUT2D eigenvalue weighted by molar-refractivity contribution is 4.95. The van der Waals surface area contributed by atoms with E-state index in [0.29, 0.717) is 6.54 Å². The van der Waals surface area contributed by atoms with Gasteiger partial charge in [0.1, 0.15) is 0 Å². The summed E-state index contributed by atoms with van der Waals surface area (Å²) in [7, 11) is 0. The average molecular weight is 208 g/mol. The normalized spacial score (nSPS) is 17.4. The van der Waals surface area contributed by atoms with Gasteiger partial charge >= 0.3 is 0 Å². The zero-order chi connectivity index (χ0) is 10.5. The van der Waals surface area contributed by atoms with Gasteiger partial charge in [-0.25, -0.2) is 4.98 Å². The minimum Gasteiger partial charge on any atom is -0.337 e. The second kappa shape index (κ2) is 5.28. The smallest absolute Gasteiger partial charge is 0.0949 e. The molecule has 1 fully saturated rings. The third kappa shape index (κ3) is 3.04. The number of hydrogen-bond donors (Lipinski definition) is 1. The molecule has 0 atom stereocenters. The highest BCUT2D eigenvalue weighted by Crippen LogP contribution is 2.08. The molecule has 4 nitrogen and oxygen atoms in total. The molecule has 0 amide bonds. The largest absolute Gasteiger partial charge is 0.337 e. The van der Waals surface area contributed by atoms with Crippen LogP contribution in [0.3, 0.4) is 0 Å². The van der Waals surface area contributed by atoms with Gasteiger partial charge in [0.2, 0.25) is 0 Å². The van der Waals surface area contributed by atoms with Crippen molar-refractivity contribution in [2.24, 2.45) is 5.73 Å². The molecule has 0 saturated carbocycles. The molecule has 4 heteroatoms. The average Bonchev–Trinajstić information content (AvgIpc) is 2.88. The minimum atomic E-state index is 0.541. The topological polar surface area (TPSA) is 47.1 Å². The van der Waals surface area contributed by atoms with Gasteiger partial charge in [-0.1, -0.05) is 0 Å². The van der Waals surface area contributed by atoms with E-state index in [1.165, 1.54) is 38.9 Å². The summed E-state index contributed by atoms with van der Waals surface area (Å²) in [6, 6.07) is 0. The van der Waals surface area contributed by atoms with Gasteiger partial charge in [-0.3, -0.25) is 0 Å². The maximum atomic E-state index is 5.51. The molecule has 1 aliphatic rings. The van der Waals surface area contributed by atoms with Gasteiger partial charge in [0.15, 0.2) is 0 Å². The maximum Gasteiger partial charge on any atom is 0.0949 e. The summed E-state index contributed by atoms with van der Waals surface area (Å²) in [4.78, 5) is 6.75. The fourth-order valence-corrected chi connectivity index (χ4v) is 2.12. The fourth-order valence-electron chi connectivity index (χ4n) is 2.12. The molecular weight excluding hydrogens is 188 g/mol. The molecule has 15 heavy (non-hydrogen) atoms. The fraction of sp³-hybridized carbons (Fsp3) is 0.727. The van der Waals surface area contributed by atoms with Crippen LogP contribution in [-0.2, 0) is 13.1 Å². The molecule has 84 valence electrons. The van der Waals surface area contributed by atoms with E-state index in [1.807, 2.05) is 12.5 Å². The van der Waals surface area contributed by atoms with Crippen molar-refractivity contribution in [3.05, 3.63) is 18.2 Å². The van der Waals surface area contributed by atoms with Crippen molar-refractivity contribution in [1.82, 2.24) is 14.5 Å². The number of hydrogen-bond acceptors (Lipinski definition) is 3. The van der Waals surface area contributed by atoms with E-state index >= 15 is 0 Å². The minimum absolute atomic E-state index is 0.541. The molecule has 0 unspecified atom stereocenters. The molecule has 1 aromatic rings. The molecule has 0 aromatic carbocycles. The van der Waals surface area contributed by atoms with Crippen molar-refractivity contribution in [2.75, 3.05) is 19.6 Å². The quantitative estimate of drug-likeness (QED) is 0.779. The second-order valence-corrected chi connectivity index (χ2v) is 4.21. The number of nitrogens with zero attached hydrogens (tertiary/aromatic N) is 3. The first kappa shape index (κ1) is 10.6. The summed E-state index contributed by atoms with van der Waals surface area (Å²) in [6.45, 7) is 5.40. The third-order valence-electron chi connectivity index (χ3n) is 2.99.